The molecule has 0 saturated heterocycles. The molecule has 1 fully saturated rings. The van der Waals surface area contributed by atoms with Crippen LogP contribution in [0.5, 0.6) is 0 Å². The molecule has 1 aliphatic rings. The molecule has 0 bridgehead atoms. The Hall–Kier alpha value is -0.660. The highest BCUT2D eigenvalue weighted by Crippen LogP contribution is 2.42. The molecule has 1 saturated carbocycles. The first kappa shape index (κ1) is 25.6. The van der Waals surface area contributed by atoms with Gasteiger partial charge in [-0.25, -0.2) is 4.79 Å². The fourth-order valence-electron chi connectivity index (χ4n) is 4.48. The Balaban J connectivity index is 1.72. The van der Waals surface area contributed by atoms with E-state index >= 15 is 0 Å². The number of esters is 1. The van der Waals surface area contributed by atoms with Crippen molar-refractivity contribution in [2.24, 2.45) is 11.8 Å². The Labute approximate surface area is 189 Å². The maximum atomic E-state index is 11.8. The number of aliphatic hydroxyl groups excluding tert-OH is 3. The van der Waals surface area contributed by atoms with E-state index in [0.29, 0.717) is 17.2 Å². The minimum Gasteiger partial charge on any atom is -0.459 e. The highest BCUT2D eigenvalue weighted by atomic mass is 35.5. The Bertz CT molecular complexity index is 608. The van der Waals surface area contributed by atoms with Crippen LogP contribution in [-0.2, 0) is 11.2 Å². The third-order valence-corrected chi connectivity index (χ3v) is 7.70. The minimum absolute atomic E-state index is 0.0250. The van der Waals surface area contributed by atoms with Crippen LogP contribution in [0.25, 0.3) is 0 Å². The standard InChI is InChI=1S/C23H37ClO5S/c24-20-16-21(27)19(9-5-3-1-2-4-6-13-25)18(20)10-7-8-17-11-12-22(30-17)23(28)29-15-14-26/h11-12,18-21,25-27H,1-10,13-16H2/t18-,19?,20?,21-/m1/s1. The van der Waals surface area contributed by atoms with E-state index in [-0.39, 0.29) is 43.2 Å². The number of ether oxygens (including phenoxy) is 1. The number of thiophene rings is 1. The van der Waals surface area contributed by atoms with Gasteiger partial charge in [0.05, 0.1) is 12.7 Å². The smallest absolute Gasteiger partial charge is 0.348 e. The summed E-state index contributed by atoms with van der Waals surface area (Å²) < 4.78 is 4.96. The molecule has 1 aromatic rings. The third-order valence-electron chi connectivity index (χ3n) is 6.07. The van der Waals surface area contributed by atoms with Crippen molar-refractivity contribution in [3.05, 3.63) is 21.9 Å². The van der Waals surface area contributed by atoms with Crippen LogP contribution in [0.1, 0.15) is 78.8 Å². The van der Waals surface area contributed by atoms with Gasteiger partial charge in [-0.05, 0) is 62.5 Å². The number of hydrogen-bond donors (Lipinski definition) is 3. The molecule has 2 rings (SSSR count). The molecule has 3 N–H and O–H groups in total. The monoisotopic (exact) mass is 460 g/mol. The van der Waals surface area contributed by atoms with E-state index in [0.717, 1.165) is 49.8 Å². The summed E-state index contributed by atoms with van der Waals surface area (Å²) in [4.78, 5) is 13.6. The Morgan fingerprint density at radius 3 is 2.43 bits per heavy atom. The quantitative estimate of drug-likeness (QED) is 0.203. The third kappa shape index (κ3) is 8.46. The van der Waals surface area contributed by atoms with Gasteiger partial charge in [0.15, 0.2) is 0 Å². The van der Waals surface area contributed by atoms with Crippen molar-refractivity contribution < 1.29 is 24.9 Å². The van der Waals surface area contributed by atoms with E-state index in [1.807, 2.05) is 6.07 Å². The molecule has 0 amide bonds. The summed E-state index contributed by atoms with van der Waals surface area (Å²) in [6.07, 6.45) is 11.0. The number of carbonyl (C=O) groups is 1. The lowest BCUT2D eigenvalue weighted by Crippen LogP contribution is -2.21. The maximum absolute atomic E-state index is 11.8. The summed E-state index contributed by atoms with van der Waals surface area (Å²) in [5.41, 5.74) is 0. The summed E-state index contributed by atoms with van der Waals surface area (Å²) >= 11 is 8.03. The van der Waals surface area contributed by atoms with Crippen LogP contribution in [0.15, 0.2) is 12.1 Å². The molecule has 1 aromatic heterocycles. The zero-order chi connectivity index (χ0) is 21.8. The maximum Gasteiger partial charge on any atom is 0.348 e. The molecule has 172 valence electrons. The zero-order valence-corrected chi connectivity index (χ0v) is 19.4. The molecule has 2 unspecified atom stereocenters. The molecule has 0 radical (unpaired) electrons. The van der Waals surface area contributed by atoms with Crippen molar-refractivity contribution in [1.82, 2.24) is 0 Å². The minimum atomic E-state index is -0.378. The molecule has 4 atom stereocenters. The van der Waals surface area contributed by atoms with Crippen LogP contribution in [0.2, 0.25) is 0 Å². The van der Waals surface area contributed by atoms with Gasteiger partial charge >= 0.3 is 5.97 Å². The second kappa shape index (κ2) is 14.4. The fourth-order valence-corrected chi connectivity index (χ4v) is 5.92. The average molecular weight is 461 g/mol. The Morgan fingerprint density at radius 1 is 1.00 bits per heavy atom. The van der Waals surface area contributed by atoms with Crippen molar-refractivity contribution in [3.8, 4) is 0 Å². The molecular weight excluding hydrogens is 424 g/mol. The van der Waals surface area contributed by atoms with Crippen molar-refractivity contribution in [1.29, 1.82) is 0 Å². The van der Waals surface area contributed by atoms with Gasteiger partial charge < -0.3 is 20.1 Å². The first-order valence-corrected chi connectivity index (χ1v) is 12.6. The number of carbonyl (C=O) groups excluding carboxylic acids is 1. The molecule has 7 heteroatoms. The van der Waals surface area contributed by atoms with E-state index in [1.165, 1.54) is 30.6 Å². The van der Waals surface area contributed by atoms with E-state index in [1.54, 1.807) is 6.07 Å². The largest absolute Gasteiger partial charge is 0.459 e. The summed E-state index contributed by atoms with van der Waals surface area (Å²) in [6.45, 7) is 0.145. The van der Waals surface area contributed by atoms with Gasteiger partial charge in [-0.2, -0.15) is 0 Å². The highest BCUT2D eigenvalue weighted by Gasteiger charge is 2.40. The van der Waals surface area contributed by atoms with Crippen LogP contribution in [0.4, 0.5) is 0 Å². The number of aryl methyl sites for hydroxylation is 1. The van der Waals surface area contributed by atoms with Crippen LogP contribution < -0.4 is 0 Å². The number of halogens is 1. The summed E-state index contributed by atoms with van der Waals surface area (Å²) in [6, 6.07) is 3.75. The molecule has 0 aliphatic heterocycles. The second-order valence-corrected chi connectivity index (χ2v) is 10.0. The summed E-state index contributed by atoms with van der Waals surface area (Å²) in [5, 5.41) is 28.1. The first-order valence-electron chi connectivity index (χ1n) is 11.4. The SMILES string of the molecule is O=C(OCCO)c1ccc(CCC[C@H]2C(Cl)C[C@@H](O)C2CCCCCCCCO)s1. The number of rotatable bonds is 15. The van der Waals surface area contributed by atoms with E-state index in [2.05, 4.69) is 0 Å². The lowest BCUT2D eigenvalue weighted by Gasteiger charge is -2.23. The Morgan fingerprint density at radius 2 is 1.70 bits per heavy atom. The van der Waals surface area contributed by atoms with Gasteiger partial charge in [-0.15, -0.1) is 22.9 Å². The summed E-state index contributed by atoms with van der Waals surface area (Å²) in [5.74, 6) is 0.263. The van der Waals surface area contributed by atoms with Gasteiger partial charge in [0.25, 0.3) is 0 Å². The van der Waals surface area contributed by atoms with Crippen LogP contribution in [-0.4, -0.2) is 52.6 Å². The summed E-state index contributed by atoms with van der Waals surface area (Å²) in [7, 11) is 0. The van der Waals surface area contributed by atoms with Crippen molar-refractivity contribution >= 4 is 28.9 Å². The number of hydrogen-bond acceptors (Lipinski definition) is 6. The molecule has 0 spiro atoms. The predicted molar refractivity (Wildman–Crippen MR) is 121 cm³/mol. The zero-order valence-electron chi connectivity index (χ0n) is 17.8. The second-order valence-electron chi connectivity index (χ2n) is 8.30. The lowest BCUT2D eigenvalue weighted by atomic mass is 9.85. The van der Waals surface area contributed by atoms with Crippen molar-refractivity contribution in [3.63, 3.8) is 0 Å². The van der Waals surface area contributed by atoms with E-state index in [9.17, 15) is 9.90 Å². The topological polar surface area (TPSA) is 87.0 Å². The first-order chi connectivity index (χ1) is 14.6. The highest BCUT2D eigenvalue weighted by molar-refractivity contribution is 7.13. The number of unbranched alkanes of at least 4 members (excludes halogenated alkanes) is 5. The van der Waals surface area contributed by atoms with E-state index in [4.69, 9.17) is 26.6 Å². The molecule has 5 nitrogen and oxygen atoms in total. The molecule has 1 aliphatic carbocycles. The van der Waals surface area contributed by atoms with Crippen LogP contribution >= 0.6 is 22.9 Å². The lowest BCUT2D eigenvalue weighted by molar-refractivity contribution is 0.0439. The van der Waals surface area contributed by atoms with E-state index < -0.39 is 0 Å². The fraction of sp³-hybridized carbons (Fsp3) is 0.783. The van der Waals surface area contributed by atoms with Crippen LogP contribution in [0, 0.1) is 11.8 Å². The van der Waals surface area contributed by atoms with Gasteiger partial charge in [-0.1, -0.05) is 32.1 Å². The molecule has 0 aromatic carbocycles. The van der Waals surface area contributed by atoms with Crippen molar-refractivity contribution in [2.75, 3.05) is 19.8 Å². The van der Waals surface area contributed by atoms with Gasteiger partial charge in [0, 0.05) is 16.9 Å². The van der Waals surface area contributed by atoms with Gasteiger partial charge in [0.2, 0.25) is 0 Å². The van der Waals surface area contributed by atoms with Crippen LogP contribution in [0.3, 0.4) is 0 Å². The van der Waals surface area contributed by atoms with Gasteiger partial charge in [-0.3, -0.25) is 0 Å². The number of alkyl halides is 1. The normalized spacial score (nSPS) is 23.7. The molecule has 30 heavy (non-hydrogen) atoms. The predicted octanol–water partition coefficient (Wildman–Crippen LogP) is 4.55. The van der Waals surface area contributed by atoms with Gasteiger partial charge in [0.1, 0.15) is 11.5 Å². The van der Waals surface area contributed by atoms with Crippen molar-refractivity contribution in [2.45, 2.75) is 82.1 Å². The molecular formula is C23H37ClO5S. The molecule has 1 heterocycles. The Kier molecular flexibility index (Phi) is 12.3. The average Bonchev–Trinajstić information content (AvgIpc) is 3.30. The number of aliphatic hydroxyl groups is 3.